The maximum absolute atomic E-state index is 11.4. The molecule has 0 saturated heterocycles. The molecule has 0 radical (unpaired) electrons. The average Bonchev–Trinajstić information content (AvgIpc) is 2.77. The monoisotopic (exact) mass is 241 g/mol. The predicted molar refractivity (Wildman–Crippen MR) is 67.3 cm³/mol. The standard InChI is InChI=1S/C11H19N3OS/c1-2-13-11(15)6-9(7-12)14-8-10-4-3-5-16-10/h3-5,9,14H,2,6-8,12H2,1H3,(H,13,15). The van der Waals surface area contributed by atoms with Crippen molar-refractivity contribution in [3.05, 3.63) is 22.4 Å². The van der Waals surface area contributed by atoms with Gasteiger partial charge in [-0.2, -0.15) is 0 Å². The molecule has 5 heteroatoms. The van der Waals surface area contributed by atoms with Crippen LogP contribution in [0.2, 0.25) is 0 Å². The van der Waals surface area contributed by atoms with Crippen molar-refractivity contribution < 1.29 is 4.79 Å². The zero-order chi connectivity index (χ0) is 11.8. The van der Waals surface area contributed by atoms with Crippen molar-refractivity contribution in [2.45, 2.75) is 25.9 Å². The van der Waals surface area contributed by atoms with E-state index in [1.54, 1.807) is 11.3 Å². The van der Waals surface area contributed by atoms with Gasteiger partial charge in [0.05, 0.1) is 0 Å². The molecule has 1 aromatic heterocycles. The molecule has 1 aromatic rings. The fraction of sp³-hybridized carbons (Fsp3) is 0.545. The number of thiophene rings is 1. The summed E-state index contributed by atoms with van der Waals surface area (Å²) in [4.78, 5) is 12.6. The van der Waals surface area contributed by atoms with Gasteiger partial charge in [-0.15, -0.1) is 11.3 Å². The molecule has 0 bridgehead atoms. The van der Waals surface area contributed by atoms with Gasteiger partial charge in [0, 0.05) is 37.0 Å². The minimum absolute atomic E-state index is 0.0497. The molecule has 0 aliphatic rings. The molecule has 0 aliphatic heterocycles. The lowest BCUT2D eigenvalue weighted by Crippen LogP contribution is -2.40. The first-order chi connectivity index (χ1) is 7.76. The third kappa shape index (κ3) is 4.74. The number of hydrogen-bond acceptors (Lipinski definition) is 4. The molecule has 0 aromatic carbocycles. The second kappa shape index (κ2) is 7.38. The van der Waals surface area contributed by atoms with E-state index in [-0.39, 0.29) is 11.9 Å². The van der Waals surface area contributed by atoms with Crippen LogP contribution in [0.5, 0.6) is 0 Å². The third-order valence-corrected chi connectivity index (χ3v) is 3.11. The summed E-state index contributed by atoms with van der Waals surface area (Å²) in [5.41, 5.74) is 5.62. The Morgan fingerprint density at radius 1 is 1.62 bits per heavy atom. The summed E-state index contributed by atoms with van der Waals surface area (Å²) < 4.78 is 0. The molecule has 1 rings (SSSR count). The number of carbonyl (C=O) groups is 1. The van der Waals surface area contributed by atoms with Crippen molar-refractivity contribution in [2.24, 2.45) is 5.73 Å². The Hall–Kier alpha value is -0.910. The average molecular weight is 241 g/mol. The molecule has 16 heavy (non-hydrogen) atoms. The molecule has 0 spiro atoms. The van der Waals surface area contributed by atoms with Crippen LogP contribution >= 0.6 is 11.3 Å². The van der Waals surface area contributed by atoms with Crippen molar-refractivity contribution >= 4 is 17.2 Å². The Kier molecular flexibility index (Phi) is 6.07. The molecule has 90 valence electrons. The van der Waals surface area contributed by atoms with Gasteiger partial charge in [-0.25, -0.2) is 0 Å². The molecule has 1 heterocycles. The van der Waals surface area contributed by atoms with Crippen LogP contribution in [0.1, 0.15) is 18.2 Å². The Morgan fingerprint density at radius 3 is 3.00 bits per heavy atom. The molecular weight excluding hydrogens is 222 g/mol. The highest BCUT2D eigenvalue weighted by Crippen LogP contribution is 2.08. The maximum Gasteiger partial charge on any atom is 0.221 e. The Balaban J connectivity index is 2.29. The van der Waals surface area contributed by atoms with E-state index in [2.05, 4.69) is 16.7 Å². The number of hydrogen-bond donors (Lipinski definition) is 3. The lowest BCUT2D eigenvalue weighted by molar-refractivity contribution is -0.121. The van der Waals surface area contributed by atoms with Crippen LogP contribution < -0.4 is 16.4 Å². The maximum atomic E-state index is 11.4. The third-order valence-electron chi connectivity index (χ3n) is 2.24. The molecule has 1 unspecified atom stereocenters. The van der Waals surface area contributed by atoms with Gasteiger partial charge in [0.15, 0.2) is 0 Å². The van der Waals surface area contributed by atoms with E-state index in [0.717, 1.165) is 6.54 Å². The highest BCUT2D eigenvalue weighted by atomic mass is 32.1. The molecule has 0 aliphatic carbocycles. The second-order valence-corrected chi connectivity index (χ2v) is 4.58. The first kappa shape index (κ1) is 13.2. The highest BCUT2D eigenvalue weighted by molar-refractivity contribution is 7.09. The summed E-state index contributed by atoms with van der Waals surface area (Å²) in [6.07, 6.45) is 0.440. The molecule has 4 nitrogen and oxygen atoms in total. The molecule has 1 amide bonds. The Labute approximate surface area is 100 Å². The number of amides is 1. The van der Waals surface area contributed by atoms with Gasteiger partial charge in [-0.3, -0.25) is 4.79 Å². The Morgan fingerprint density at radius 2 is 2.44 bits per heavy atom. The van der Waals surface area contributed by atoms with E-state index in [0.29, 0.717) is 19.5 Å². The van der Waals surface area contributed by atoms with Crippen LogP contribution in [0, 0.1) is 0 Å². The van der Waals surface area contributed by atoms with Gasteiger partial charge in [0.25, 0.3) is 0 Å². The summed E-state index contributed by atoms with van der Waals surface area (Å²) >= 11 is 1.70. The van der Waals surface area contributed by atoms with Gasteiger partial charge in [0.2, 0.25) is 5.91 Å². The number of rotatable bonds is 7. The lowest BCUT2D eigenvalue weighted by Gasteiger charge is -2.15. The summed E-state index contributed by atoms with van der Waals surface area (Å²) in [5.74, 6) is 0.0524. The van der Waals surface area contributed by atoms with Gasteiger partial charge in [-0.05, 0) is 18.4 Å². The summed E-state index contributed by atoms with van der Waals surface area (Å²) in [5, 5.41) is 8.10. The number of nitrogens with two attached hydrogens (primary N) is 1. The van der Waals surface area contributed by atoms with Crippen LogP contribution in [0.3, 0.4) is 0 Å². The minimum Gasteiger partial charge on any atom is -0.356 e. The second-order valence-electron chi connectivity index (χ2n) is 3.55. The van der Waals surface area contributed by atoms with Crippen molar-refractivity contribution in [3.63, 3.8) is 0 Å². The molecule has 4 N–H and O–H groups in total. The van der Waals surface area contributed by atoms with Crippen LogP contribution in [0.4, 0.5) is 0 Å². The van der Waals surface area contributed by atoms with E-state index in [4.69, 9.17) is 5.73 Å². The van der Waals surface area contributed by atoms with Crippen molar-refractivity contribution in [3.8, 4) is 0 Å². The van der Waals surface area contributed by atoms with Crippen LogP contribution in [0.25, 0.3) is 0 Å². The van der Waals surface area contributed by atoms with E-state index < -0.39 is 0 Å². The van der Waals surface area contributed by atoms with E-state index in [1.807, 2.05) is 18.4 Å². The number of carbonyl (C=O) groups excluding carboxylic acids is 1. The van der Waals surface area contributed by atoms with Crippen LogP contribution in [0.15, 0.2) is 17.5 Å². The van der Waals surface area contributed by atoms with Crippen molar-refractivity contribution in [1.29, 1.82) is 0 Å². The fourth-order valence-corrected chi connectivity index (χ4v) is 2.05. The van der Waals surface area contributed by atoms with Crippen LogP contribution in [-0.2, 0) is 11.3 Å². The van der Waals surface area contributed by atoms with E-state index >= 15 is 0 Å². The normalized spacial score (nSPS) is 12.4. The lowest BCUT2D eigenvalue weighted by atomic mass is 10.2. The summed E-state index contributed by atoms with van der Waals surface area (Å²) in [6.45, 7) is 3.83. The van der Waals surface area contributed by atoms with Gasteiger partial charge < -0.3 is 16.4 Å². The van der Waals surface area contributed by atoms with Crippen molar-refractivity contribution in [1.82, 2.24) is 10.6 Å². The van der Waals surface area contributed by atoms with Gasteiger partial charge in [-0.1, -0.05) is 6.07 Å². The number of nitrogens with one attached hydrogen (secondary N) is 2. The zero-order valence-corrected chi connectivity index (χ0v) is 10.3. The van der Waals surface area contributed by atoms with E-state index in [1.165, 1.54) is 4.88 Å². The van der Waals surface area contributed by atoms with Gasteiger partial charge >= 0.3 is 0 Å². The SMILES string of the molecule is CCNC(=O)CC(CN)NCc1cccs1. The molecule has 0 saturated carbocycles. The molecule has 1 atom stereocenters. The first-order valence-electron chi connectivity index (χ1n) is 5.48. The molecular formula is C11H19N3OS. The van der Waals surface area contributed by atoms with Crippen LogP contribution in [-0.4, -0.2) is 25.0 Å². The Bertz CT molecular complexity index is 300. The quantitative estimate of drug-likeness (QED) is 0.658. The van der Waals surface area contributed by atoms with Gasteiger partial charge in [0.1, 0.15) is 0 Å². The first-order valence-corrected chi connectivity index (χ1v) is 6.36. The summed E-state index contributed by atoms with van der Waals surface area (Å²) in [6, 6.07) is 4.13. The topological polar surface area (TPSA) is 67.2 Å². The zero-order valence-electron chi connectivity index (χ0n) is 9.53. The minimum atomic E-state index is 0.0497. The smallest absolute Gasteiger partial charge is 0.221 e. The highest BCUT2D eigenvalue weighted by Gasteiger charge is 2.11. The van der Waals surface area contributed by atoms with E-state index in [9.17, 15) is 4.79 Å². The predicted octanol–water partition coefficient (Wildman–Crippen LogP) is 0.691. The fourth-order valence-electron chi connectivity index (χ4n) is 1.39. The summed E-state index contributed by atoms with van der Waals surface area (Å²) in [7, 11) is 0. The largest absolute Gasteiger partial charge is 0.356 e. The van der Waals surface area contributed by atoms with Crippen molar-refractivity contribution in [2.75, 3.05) is 13.1 Å². The molecule has 0 fully saturated rings.